The maximum atomic E-state index is 12.0. The fraction of sp³-hybridized carbons (Fsp3) is 0.826. The molecule has 0 radical (unpaired) electrons. The Morgan fingerprint density at radius 1 is 0.862 bits per heavy atom. The third kappa shape index (κ3) is 12.4. The highest BCUT2D eigenvalue weighted by Gasteiger charge is 2.11. The van der Waals surface area contributed by atoms with Gasteiger partial charge in [-0.15, -0.1) is 0 Å². The van der Waals surface area contributed by atoms with Gasteiger partial charge in [-0.2, -0.15) is 0 Å². The number of aromatic nitrogens is 2. The molecule has 3 N–H and O–H groups in total. The van der Waals surface area contributed by atoms with E-state index in [-0.39, 0.29) is 5.95 Å². The van der Waals surface area contributed by atoms with E-state index in [1.165, 1.54) is 77.0 Å². The van der Waals surface area contributed by atoms with Crippen LogP contribution in [0.3, 0.4) is 0 Å². The van der Waals surface area contributed by atoms with Gasteiger partial charge in [0.25, 0.3) is 5.88 Å². The maximum Gasteiger partial charge on any atom is 0.347 e. The van der Waals surface area contributed by atoms with Gasteiger partial charge in [-0.1, -0.05) is 102 Å². The lowest BCUT2D eigenvalue weighted by atomic mass is 10.0. The monoisotopic (exact) mass is 408 g/mol. The Morgan fingerprint density at radius 2 is 1.38 bits per heavy atom. The molecule has 0 bridgehead atoms. The molecule has 29 heavy (non-hydrogen) atoms. The number of nitrogens with two attached hydrogens (primary N) is 1. The fourth-order valence-corrected chi connectivity index (χ4v) is 3.37. The number of anilines is 2. The molecule has 0 amide bonds. The maximum absolute atomic E-state index is 12.0. The van der Waals surface area contributed by atoms with Crippen molar-refractivity contribution in [2.24, 2.45) is 0 Å². The minimum Gasteiger partial charge on any atom is -0.754 e. The molecule has 0 saturated heterocycles. The highest BCUT2D eigenvalue weighted by molar-refractivity contribution is 5.36. The van der Waals surface area contributed by atoms with Crippen molar-refractivity contribution in [1.82, 2.24) is 4.98 Å². The highest BCUT2D eigenvalue weighted by Crippen LogP contribution is 2.15. The van der Waals surface area contributed by atoms with Crippen LogP contribution in [0.4, 0.5) is 11.8 Å². The van der Waals surface area contributed by atoms with Gasteiger partial charge >= 0.3 is 5.95 Å². The molecule has 1 aromatic heterocycles. The van der Waals surface area contributed by atoms with Crippen molar-refractivity contribution in [2.75, 3.05) is 24.2 Å². The summed E-state index contributed by atoms with van der Waals surface area (Å²) in [6, 6.07) is 1.64. The van der Waals surface area contributed by atoms with Gasteiger partial charge in [0.15, 0.2) is 0 Å². The summed E-state index contributed by atoms with van der Waals surface area (Å²) in [5, 5.41) is 15.2. The predicted octanol–water partition coefficient (Wildman–Crippen LogP) is 5.98. The second kappa shape index (κ2) is 17.2. The summed E-state index contributed by atoms with van der Waals surface area (Å²) < 4.78 is 6.20. The summed E-state index contributed by atoms with van der Waals surface area (Å²) >= 11 is 0. The number of nitrogen functional groups attached to an aromatic ring is 1. The molecule has 0 unspecified atom stereocenters. The van der Waals surface area contributed by atoms with Gasteiger partial charge in [0.05, 0.1) is 12.7 Å². The topological polar surface area (TPSA) is 87.1 Å². The number of hydrogen-bond acceptors (Lipinski definition) is 5. The van der Waals surface area contributed by atoms with E-state index >= 15 is 0 Å². The Labute approximate surface area is 178 Å². The lowest BCUT2D eigenvalue weighted by molar-refractivity contribution is -0.577. The molecular weight excluding hydrogens is 364 g/mol. The number of nitrogens with zero attached hydrogens (tertiary/aromatic N) is 2. The van der Waals surface area contributed by atoms with Crippen LogP contribution in [0.2, 0.25) is 0 Å². The molecular formula is C23H44N4O2. The van der Waals surface area contributed by atoms with Crippen molar-refractivity contribution < 1.29 is 9.47 Å². The number of nitrogens with one attached hydrogen (secondary N) is 1. The Hall–Kier alpha value is -1.72. The van der Waals surface area contributed by atoms with Gasteiger partial charge in [0.1, 0.15) is 0 Å². The Bertz CT molecular complexity index is 526. The third-order valence-corrected chi connectivity index (χ3v) is 5.25. The first-order valence-electron chi connectivity index (χ1n) is 12.0. The largest absolute Gasteiger partial charge is 0.754 e. The zero-order chi connectivity index (χ0) is 21.2. The van der Waals surface area contributed by atoms with Crippen molar-refractivity contribution in [2.45, 2.75) is 110 Å². The number of unbranched alkanes of at least 4 members (excludes halogenated alkanes) is 13. The first-order chi connectivity index (χ1) is 14.2. The van der Waals surface area contributed by atoms with E-state index < -0.39 is 0 Å². The molecule has 6 heteroatoms. The Kier molecular flexibility index (Phi) is 15.0. The minimum absolute atomic E-state index is 0.0770. The summed E-state index contributed by atoms with van der Waals surface area (Å²) in [6.45, 7) is 5.72. The van der Waals surface area contributed by atoms with E-state index in [0.29, 0.717) is 23.0 Å². The van der Waals surface area contributed by atoms with Crippen LogP contribution in [-0.4, -0.2) is 18.1 Å². The normalized spacial score (nSPS) is 11.0. The summed E-state index contributed by atoms with van der Waals surface area (Å²) in [6.07, 6.45) is 19.3. The highest BCUT2D eigenvalue weighted by atomic mass is 16.5. The van der Waals surface area contributed by atoms with Gasteiger partial charge in [-0.3, -0.25) is 0 Å². The predicted molar refractivity (Wildman–Crippen MR) is 122 cm³/mol. The van der Waals surface area contributed by atoms with E-state index in [2.05, 4.69) is 24.1 Å². The first kappa shape index (κ1) is 25.3. The van der Waals surface area contributed by atoms with Gasteiger partial charge < -0.3 is 21.0 Å². The van der Waals surface area contributed by atoms with E-state index in [1.807, 2.05) is 0 Å². The van der Waals surface area contributed by atoms with Gasteiger partial charge in [0, 0.05) is 6.54 Å². The van der Waals surface area contributed by atoms with Crippen molar-refractivity contribution in [1.29, 1.82) is 0 Å². The average molecular weight is 409 g/mol. The molecule has 0 fully saturated rings. The number of rotatable bonds is 19. The minimum atomic E-state index is -0.0770. The van der Waals surface area contributed by atoms with Crippen molar-refractivity contribution >= 4 is 11.8 Å². The van der Waals surface area contributed by atoms with E-state index in [4.69, 9.17) is 10.5 Å². The van der Waals surface area contributed by atoms with Crippen LogP contribution in [-0.2, 0) is 0 Å². The molecule has 168 valence electrons. The summed E-state index contributed by atoms with van der Waals surface area (Å²) in [7, 11) is 0. The van der Waals surface area contributed by atoms with Gasteiger partial charge in [-0.05, 0) is 12.8 Å². The van der Waals surface area contributed by atoms with Crippen molar-refractivity contribution in [3.8, 4) is 5.88 Å². The zero-order valence-corrected chi connectivity index (χ0v) is 18.9. The van der Waals surface area contributed by atoms with Crippen LogP contribution in [0.5, 0.6) is 5.88 Å². The molecule has 0 atom stereocenters. The van der Waals surface area contributed by atoms with Crippen LogP contribution < -0.4 is 20.5 Å². The molecule has 0 aliphatic carbocycles. The molecule has 0 aliphatic heterocycles. The second-order valence-corrected chi connectivity index (χ2v) is 8.00. The van der Waals surface area contributed by atoms with Crippen molar-refractivity contribution in [3.05, 3.63) is 11.3 Å². The second-order valence-electron chi connectivity index (χ2n) is 8.00. The van der Waals surface area contributed by atoms with Crippen LogP contribution in [0.1, 0.15) is 110 Å². The molecule has 0 spiro atoms. The molecule has 0 aliphatic rings. The summed E-state index contributed by atoms with van der Waals surface area (Å²) in [5.74, 6) is 0.755. The number of hydrogen-bond donors (Lipinski definition) is 2. The molecule has 1 aromatic rings. The molecule has 1 rings (SSSR count). The van der Waals surface area contributed by atoms with E-state index in [0.717, 1.165) is 25.8 Å². The molecule has 1 heterocycles. The lowest BCUT2D eigenvalue weighted by Crippen LogP contribution is -2.36. The summed E-state index contributed by atoms with van der Waals surface area (Å²) in [4.78, 5) is 3.99. The number of ether oxygens (including phenoxy) is 1. The van der Waals surface area contributed by atoms with Crippen LogP contribution in [0.25, 0.3) is 0 Å². The lowest BCUT2D eigenvalue weighted by Gasteiger charge is -2.14. The zero-order valence-electron chi connectivity index (χ0n) is 18.9. The van der Waals surface area contributed by atoms with Gasteiger partial charge in [-0.25, -0.2) is 4.73 Å². The van der Waals surface area contributed by atoms with Crippen LogP contribution >= 0.6 is 0 Å². The Balaban J connectivity index is 2.05. The first-order valence-corrected chi connectivity index (χ1v) is 12.0. The average Bonchev–Trinajstić information content (AvgIpc) is 2.71. The molecule has 6 nitrogen and oxygen atoms in total. The Morgan fingerprint density at radius 3 is 1.93 bits per heavy atom. The molecule has 0 saturated carbocycles. The van der Waals surface area contributed by atoms with E-state index in [9.17, 15) is 5.21 Å². The quantitative estimate of drug-likeness (QED) is 0.167. The van der Waals surface area contributed by atoms with Crippen LogP contribution in [0.15, 0.2) is 6.07 Å². The smallest absolute Gasteiger partial charge is 0.347 e. The SMILES string of the molecule is CCCCCCCCCCCCCCCNc1cc(OCCCC)nc(N)[n+]1[O-]. The summed E-state index contributed by atoms with van der Waals surface area (Å²) in [5.41, 5.74) is 5.70. The molecule has 0 aromatic carbocycles. The fourth-order valence-electron chi connectivity index (χ4n) is 3.37. The standard InChI is InChI=1S/C23H44N4O2/c1-3-5-7-8-9-10-11-12-13-14-15-16-17-18-25-21-20-22(29-19-6-4-2)26-23(24)27(21)28/h20,25H,3-19H2,1-2H3,(H2,24,26). The van der Waals surface area contributed by atoms with Crippen molar-refractivity contribution in [3.63, 3.8) is 0 Å². The van der Waals surface area contributed by atoms with Crippen LogP contribution in [0, 0.1) is 5.21 Å². The van der Waals surface area contributed by atoms with Gasteiger partial charge in [0.2, 0.25) is 5.82 Å². The van der Waals surface area contributed by atoms with E-state index in [1.54, 1.807) is 6.07 Å². The third-order valence-electron chi connectivity index (χ3n) is 5.25.